The summed E-state index contributed by atoms with van der Waals surface area (Å²) in [5.41, 5.74) is 2.00. The monoisotopic (exact) mass is 409 g/mol. The fourth-order valence-corrected chi connectivity index (χ4v) is 3.84. The maximum Gasteiger partial charge on any atom is 0.325 e. The molecule has 7 nitrogen and oxygen atoms in total. The molecule has 1 atom stereocenters. The lowest BCUT2D eigenvalue weighted by molar-refractivity contribution is -0.134. The molecular formula is C23H27N3O4. The number of hydrogen-bond acceptors (Lipinski definition) is 4. The molecule has 0 aliphatic carbocycles. The van der Waals surface area contributed by atoms with Gasteiger partial charge in [-0.15, -0.1) is 0 Å². The van der Waals surface area contributed by atoms with Crippen LogP contribution in [0.1, 0.15) is 37.0 Å². The Morgan fingerprint density at radius 3 is 2.53 bits per heavy atom. The number of benzene rings is 2. The minimum absolute atomic E-state index is 0.348. The summed E-state index contributed by atoms with van der Waals surface area (Å²) < 4.78 is 5.29. The zero-order valence-corrected chi connectivity index (χ0v) is 17.7. The predicted molar refractivity (Wildman–Crippen MR) is 114 cm³/mol. The highest BCUT2D eigenvalue weighted by molar-refractivity contribution is 6.10. The molecule has 0 aromatic heterocycles. The largest absolute Gasteiger partial charge is 0.496 e. The molecule has 7 heteroatoms. The van der Waals surface area contributed by atoms with Gasteiger partial charge in [-0.1, -0.05) is 38.1 Å². The van der Waals surface area contributed by atoms with Crippen molar-refractivity contribution >= 4 is 23.5 Å². The van der Waals surface area contributed by atoms with Crippen LogP contribution in [0.4, 0.5) is 10.5 Å². The second kappa shape index (κ2) is 8.57. The van der Waals surface area contributed by atoms with Crippen molar-refractivity contribution in [1.29, 1.82) is 0 Å². The summed E-state index contributed by atoms with van der Waals surface area (Å²) in [6, 6.07) is 12.3. The quantitative estimate of drug-likeness (QED) is 0.687. The van der Waals surface area contributed by atoms with Gasteiger partial charge in [0, 0.05) is 5.69 Å². The number of nitrogens with zero attached hydrogens (tertiary/aromatic N) is 1. The van der Waals surface area contributed by atoms with Crippen molar-refractivity contribution < 1.29 is 19.1 Å². The topological polar surface area (TPSA) is 87.7 Å². The van der Waals surface area contributed by atoms with E-state index < -0.39 is 23.4 Å². The highest BCUT2D eigenvalue weighted by atomic mass is 16.5. The first-order valence-electron chi connectivity index (χ1n) is 10.0. The van der Waals surface area contributed by atoms with E-state index in [-0.39, 0.29) is 6.54 Å². The number of methoxy groups -OCH3 is 1. The smallest absolute Gasteiger partial charge is 0.325 e. The van der Waals surface area contributed by atoms with Gasteiger partial charge in [-0.2, -0.15) is 0 Å². The van der Waals surface area contributed by atoms with E-state index in [4.69, 9.17) is 4.74 Å². The molecule has 1 aliphatic rings. The minimum Gasteiger partial charge on any atom is -0.496 e. The number of ether oxygens (including phenoxy) is 1. The van der Waals surface area contributed by atoms with Gasteiger partial charge in [0.2, 0.25) is 5.91 Å². The Balaban J connectivity index is 1.82. The Morgan fingerprint density at radius 2 is 1.90 bits per heavy atom. The van der Waals surface area contributed by atoms with Crippen LogP contribution in [-0.4, -0.2) is 36.4 Å². The number of carbonyl (C=O) groups is 3. The number of carbonyl (C=O) groups excluding carboxylic acids is 3. The van der Waals surface area contributed by atoms with Gasteiger partial charge >= 0.3 is 6.03 Å². The standard InChI is InChI=1S/C23H27N3O4/c1-5-16-9-7-8-10-18(16)24-20(27)14-26-21(28)23(6-2,25-22(26)29)17-11-12-19(30-4)15(3)13-17/h7-13H,5-6,14H2,1-4H3,(H,24,27)(H,25,29). The van der Waals surface area contributed by atoms with Crippen LogP contribution in [-0.2, 0) is 21.5 Å². The fourth-order valence-electron chi connectivity index (χ4n) is 3.84. The second-order valence-corrected chi connectivity index (χ2v) is 7.32. The molecule has 30 heavy (non-hydrogen) atoms. The van der Waals surface area contributed by atoms with Crippen LogP contribution in [0.25, 0.3) is 0 Å². The Kier molecular flexibility index (Phi) is 6.10. The number of hydrogen-bond donors (Lipinski definition) is 2. The number of para-hydroxylation sites is 1. The van der Waals surface area contributed by atoms with Crippen LogP contribution in [0.5, 0.6) is 5.75 Å². The molecule has 0 radical (unpaired) electrons. The average molecular weight is 409 g/mol. The van der Waals surface area contributed by atoms with E-state index in [9.17, 15) is 14.4 Å². The van der Waals surface area contributed by atoms with Gasteiger partial charge in [0.05, 0.1) is 7.11 Å². The van der Waals surface area contributed by atoms with E-state index >= 15 is 0 Å². The van der Waals surface area contributed by atoms with Crippen molar-refractivity contribution in [2.45, 2.75) is 39.2 Å². The van der Waals surface area contributed by atoms with Crippen molar-refractivity contribution in [3.8, 4) is 5.75 Å². The first-order chi connectivity index (χ1) is 14.4. The van der Waals surface area contributed by atoms with E-state index in [0.29, 0.717) is 23.4 Å². The van der Waals surface area contributed by atoms with Crippen molar-refractivity contribution in [3.05, 3.63) is 59.2 Å². The SMILES string of the molecule is CCc1ccccc1NC(=O)CN1C(=O)NC(CC)(c2ccc(OC)c(C)c2)C1=O. The summed E-state index contributed by atoms with van der Waals surface area (Å²) in [5, 5.41) is 5.62. The molecule has 1 aliphatic heterocycles. The van der Waals surface area contributed by atoms with Gasteiger partial charge in [0.25, 0.3) is 5.91 Å². The van der Waals surface area contributed by atoms with Crippen molar-refractivity contribution in [2.75, 3.05) is 19.0 Å². The molecule has 1 fully saturated rings. The zero-order chi connectivity index (χ0) is 21.9. The lowest BCUT2D eigenvalue weighted by Gasteiger charge is -2.26. The Bertz CT molecular complexity index is 988. The maximum atomic E-state index is 13.3. The number of amides is 4. The number of rotatable bonds is 7. The molecule has 4 amide bonds. The predicted octanol–water partition coefficient (Wildman–Crippen LogP) is 3.36. The Hall–Kier alpha value is -3.35. The van der Waals surface area contributed by atoms with Gasteiger partial charge in [0.1, 0.15) is 17.8 Å². The van der Waals surface area contributed by atoms with Crippen LogP contribution >= 0.6 is 0 Å². The average Bonchev–Trinajstić information content (AvgIpc) is 2.99. The van der Waals surface area contributed by atoms with Gasteiger partial charge in [-0.05, 0) is 54.7 Å². The number of nitrogens with one attached hydrogen (secondary N) is 2. The third kappa shape index (κ3) is 3.75. The summed E-state index contributed by atoms with van der Waals surface area (Å²) in [7, 11) is 1.58. The van der Waals surface area contributed by atoms with E-state index in [1.807, 2.05) is 45.0 Å². The molecule has 2 N–H and O–H groups in total. The minimum atomic E-state index is -1.20. The summed E-state index contributed by atoms with van der Waals surface area (Å²) in [6.45, 7) is 5.36. The van der Waals surface area contributed by atoms with Crippen LogP contribution in [0, 0.1) is 6.92 Å². The molecule has 3 rings (SSSR count). The van der Waals surface area contributed by atoms with Gasteiger partial charge in [-0.3, -0.25) is 14.5 Å². The molecular weight excluding hydrogens is 382 g/mol. The van der Waals surface area contributed by atoms with Crippen LogP contribution in [0.2, 0.25) is 0 Å². The van der Waals surface area contributed by atoms with E-state index in [1.54, 1.807) is 25.3 Å². The normalized spacial score (nSPS) is 18.3. The summed E-state index contributed by atoms with van der Waals surface area (Å²) in [5.74, 6) is -0.150. The molecule has 2 aromatic rings. The first-order valence-corrected chi connectivity index (χ1v) is 10.0. The van der Waals surface area contributed by atoms with Gasteiger partial charge in [-0.25, -0.2) is 4.79 Å². The van der Waals surface area contributed by atoms with E-state index in [0.717, 1.165) is 22.4 Å². The van der Waals surface area contributed by atoms with Gasteiger partial charge < -0.3 is 15.4 Å². The Labute approximate surface area is 176 Å². The molecule has 0 saturated carbocycles. The third-order valence-electron chi connectivity index (χ3n) is 5.57. The first kappa shape index (κ1) is 21.4. The summed E-state index contributed by atoms with van der Waals surface area (Å²) in [6.07, 6.45) is 1.12. The van der Waals surface area contributed by atoms with Gasteiger partial charge in [0.15, 0.2) is 0 Å². The van der Waals surface area contributed by atoms with Crippen molar-refractivity contribution in [2.24, 2.45) is 0 Å². The highest BCUT2D eigenvalue weighted by Crippen LogP contribution is 2.34. The lowest BCUT2D eigenvalue weighted by atomic mass is 9.86. The van der Waals surface area contributed by atoms with Crippen molar-refractivity contribution in [3.63, 3.8) is 0 Å². The zero-order valence-electron chi connectivity index (χ0n) is 17.7. The molecule has 0 spiro atoms. The highest BCUT2D eigenvalue weighted by Gasteiger charge is 2.51. The van der Waals surface area contributed by atoms with Crippen LogP contribution < -0.4 is 15.4 Å². The molecule has 158 valence electrons. The number of aryl methyl sites for hydroxylation is 2. The fraction of sp³-hybridized carbons (Fsp3) is 0.348. The molecule has 1 saturated heterocycles. The maximum absolute atomic E-state index is 13.3. The molecule has 1 heterocycles. The molecule has 2 aromatic carbocycles. The van der Waals surface area contributed by atoms with Crippen LogP contribution in [0.15, 0.2) is 42.5 Å². The number of imide groups is 1. The number of urea groups is 1. The van der Waals surface area contributed by atoms with Crippen molar-refractivity contribution in [1.82, 2.24) is 10.2 Å². The van der Waals surface area contributed by atoms with E-state index in [1.165, 1.54) is 0 Å². The third-order valence-corrected chi connectivity index (χ3v) is 5.57. The van der Waals surface area contributed by atoms with E-state index in [2.05, 4.69) is 10.6 Å². The summed E-state index contributed by atoms with van der Waals surface area (Å²) >= 11 is 0. The lowest BCUT2D eigenvalue weighted by Crippen LogP contribution is -2.44. The molecule has 0 bridgehead atoms. The second-order valence-electron chi connectivity index (χ2n) is 7.32. The van der Waals surface area contributed by atoms with Crippen LogP contribution in [0.3, 0.4) is 0 Å². The molecule has 1 unspecified atom stereocenters. The Morgan fingerprint density at radius 1 is 1.17 bits per heavy atom. The number of anilines is 1. The summed E-state index contributed by atoms with van der Waals surface area (Å²) in [4.78, 5) is 39.5.